The summed E-state index contributed by atoms with van der Waals surface area (Å²) in [6.07, 6.45) is 0.973. The van der Waals surface area contributed by atoms with Crippen LogP contribution < -0.4 is 4.74 Å². The first kappa shape index (κ1) is 20.8. The third-order valence-electron chi connectivity index (χ3n) is 5.34. The average molecular weight is 403 g/mol. The van der Waals surface area contributed by atoms with Gasteiger partial charge in [-0.1, -0.05) is 30.3 Å². The maximum Gasteiger partial charge on any atom is 0.243 e. The second-order valence-electron chi connectivity index (χ2n) is 7.40. The molecule has 0 aromatic heterocycles. The summed E-state index contributed by atoms with van der Waals surface area (Å²) < 4.78 is 33.2. The Balaban J connectivity index is 1.66. The number of rotatable bonds is 7. The molecule has 152 valence electrons. The molecule has 5 nitrogen and oxygen atoms in total. The molecule has 0 spiro atoms. The first-order valence-corrected chi connectivity index (χ1v) is 11.4. The summed E-state index contributed by atoms with van der Waals surface area (Å²) in [5, 5.41) is 0. The fourth-order valence-corrected chi connectivity index (χ4v) is 5.47. The van der Waals surface area contributed by atoms with E-state index in [0.29, 0.717) is 30.3 Å². The van der Waals surface area contributed by atoms with Gasteiger partial charge in [0.15, 0.2) is 0 Å². The molecule has 0 bridgehead atoms. The Morgan fingerprint density at radius 2 is 1.57 bits per heavy atom. The van der Waals surface area contributed by atoms with Crippen molar-refractivity contribution in [2.45, 2.75) is 44.2 Å². The van der Waals surface area contributed by atoms with Crippen molar-refractivity contribution in [2.75, 3.05) is 26.2 Å². The molecule has 2 unspecified atom stereocenters. The minimum atomic E-state index is -3.50. The van der Waals surface area contributed by atoms with Crippen LogP contribution in [0.15, 0.2) is 59.5 Å². The molecular weight excluding hydrogens is 372 g/mol. The molecule has 1 fully saturated rings. The molecule has 1 heterocycles. The molecule has 2 atom stereocenters. The molecule has 6 heteroatoms. The van der Waals surface area contributed by atoms with Crippen LogP contribution in [0, 0.1) is 0 Å². The molecule has 1 aliphatic rings. The van der Waals surface area contributed by atoms with Crippen LogP contribution in [0.25, 0.3) is 0 Å². The first-order chi connectivity index (χ1) is 13.4. The predicted octanol–water partition coefficient (Wildman–Crippen LogP) is 3.41. The monoisotopic (exact) mass is 402 g/mol. The van der Waals surface area contributed by atoms with E-state index in [4.69, 9.17) is 4.74 Å². The van der Waals surface area contributed by atoms with E-state index < -0.39 is 10.0 Å². The van der Waals surface area contributed by atoms with Crippen molar-refractivity contribution < 1.29 is 13.2 Å². The predicted molar refractivity (Wildman–Crippen MR) is 112 cm³/mol. The number of benzene rings is 2. The fraction of sp³-hybridized carbons (Fsp3) is 0.455. The summed E-state index contributed by atoms with van der Waals surface area (Å²) in [5.41, 5.74) is 1.31. The van der Waals surface area contributed by atoms with E-state index in [1.807, 2.05) is 13.0 Å². The fourth-order valence-electron chi connectivity index (χ4n) is 3.87. The van der Waals surface area contributed by atoms with E-state index in [9.17, 15) is 8.42 Å². The van der Waals surface area contributed by atoms with Gasteiger partial charge in [-0.25, -0.2) is 8.42 Å². The van der Waals surface area contributed by atoms with E-state index in [1.165, 1.54) is 5.56 Å². The Labute approximate surface area is 169 Å². The second-order valence-corrected chi connectivity index (χ2v) is 9.34. The van der Waals surface area contributed by atoms with Gasteiger partial charge in [-0.2, -0.15) is 4.31 Å². The van der Waals surface area contributed by atoms with Gasteiger partial charge in [0.2, 0.25) is 10.0 Å². The molecule has 0 radical (unpaired) electrons. The van der Waals surface area contributed by atoms with Crippen molar-refractivity contribution >= 4 is 10.0 Å². The molecule has 28 heavy (non-hydrogen) atoms. The third kappa shape index (κ3) is 4.74. The van der Waals surface area contributed by atoms with Gasteiger partial charge in [0.25, 0.3) is 0 Å². The van der Waals surface area contributed by atoms with E-state index in [2.05, 4.69) is 43.0 Å². The summed E-state index contributed by atoms with van der Waals surface area (Å²) in [6.45, 7) is 8.64. The zero-order chi connectivity index (χ0) is 20.1. The van der Waals surface area contributed by atoms with Crippen molar-refractivity contribution in [3.8, 4) is 5.75 Å². The number of piperazine rings is 1. The largest absolute Gasteiger partial charge is 0.494 e. The highest BCUT2D eigenvalue weighted by Gasteiger charge is 2.35. The summed E-state index contributed by atoms with van der Waals surface area (Å²) >= 11 is 0. The van der Waals surface area contributed by atoms with Crippen molar-refractivity contribution in [1.29, 1.82) is 0 Å². The summed E-state index contributed by atoms with van der Waals surface area (Å²) in [5.74, 6) is 0.689. The Kier molecular flexibility index (Phi) is 6.75. The highest BCUT2D eigenvalue weighted by molar-refractivity contribution is 7.89. The maximum absolute atomic E-state index is 13.1. The lowest BCUT2D eigenvalue weighted by atomic mass is 10.1. The molecule has 0 aliphatic carbocycles. The van der Waals surface area contributed by atoms with Crippen LogP contribution in [-0.4, -0.2) is 55.9 Å². The van der Waals surface area contributed by atoms with Crippen LogP contribution in [0.2, 0.25) is 0 Å². The molecule has 1 saturated heterocycles. The highest BCUT2D eigenvalue weighted by Crippen LogP contribution is 2.25. The Morgan fingerprint density at radius 1 is 0.964 bits per heavy atom. The molecule has 0 saturated carbocycles. The minimum Gasteiger partial charge on any atom is -0.494 e. The quantitative estimate of drug-likeness (QED) is 0.712. The smallest absolute Gasteiger partial charge is 0.243 e. The molecule has 1 aliphatic heterocycles. The van der Waals surface area contributed by atoms with Crippen LogP contribution in [0.4, 0.5) is 0 Å². The van der Waals surface area contributed by atoms with Crippen LogP contribution in [0.5, 0.6) is 5.75 Å². The van der Waals surface area contributed by atoms with Crippen LogP contribution in [0.3, 0.4) is 0 Å². The number of hydrogen-bond acceptors (Lipinski definition) is 4. The number of hydrogen-bond donors (Lipinski definition) is 0. The zero-order valence-corrected chi connectivity index (χ0v) is 17.7. The van der Waals surface area contributed by atoms with Crippen LogP contribution in [-0.2, 0) is 16.4 Å². The van der Waals surface area contributed by atoms with Crippen LogP contribution >= 0.6 is 0 Å². The molecule has 2 aromatic carbocycles. The standard InChI is InChI=1S/C22H30N2O3S/c1-4-27-21-10-12-22(13-11-21)28(25,26)23-16-18(2)24(19(3)17-23)15-14-20-8-6-5-7-9-20/h5-13,18-19H,4,14-17H2,1-3H3. The Bertz CT molecular complexity index is 841. The Hall–Kier alpha value is -1.89. The normalized spacial score (nSPS) is 21.5. The van der Waals surface area contributed by atoms with Gasteiger partial charge < -0.3 is 4.74 Å². The summed E-state index contributed by atoms with van der Waals surface area (Å²) in [4.78, 5) is 2.74. The summed E-state index contributed by atoms with van der Waals surface area (Å²) in [7, 11) is -3.50. The second kappa shape index (κ2) is 9.07. The van der Waals surface area contributed by atoms with Crippen molar-refractivity contribution in [1.82, 2.24) is 9.21 Å². The highest BCUT2D eigenvalue weighted by atomic mass is 32.2. The lowest BCUT2D eigenvalue weighted by molar-refractivity contribution is 0.0784. The molecule has 0 N–H and O–H groups in total. The minimum absolute atomic E-state index is 0.171. The third-order valence-corrected chi connectivity index (χ3v) is 7.19. The molecule has 0 amide bonds. The summed E-state index contributed by atoms with van der Waals surface area (Å²) in [6, 6.07) is 17.5. The SMILES string of the molecule is CCOc1ccc(S(=O)(=O)N2CC(C)N(CCc3ccccc3)C(C)C2)cc1. The van der Waals surface area contributed by atoms with Gasteiger partial charge in [-0.3, -0.25) is 4.90 Å². The molecule has 2 aromatic rings. The van der Waals surface area contributed by atoms with Crippen molar-refractivity contribution in [2.24, 2.45) is 0 Å². The van der Waals surface area contributed by atoms with Crippen molar-refractivity contribution in [3.05, 3.63) is 60.2 Å². The van der Waals surface area contributed by atoms with Gasteiger partial charge in [-0.05, 0) is 57.0 Å². The number of sulfonamides is 1. The molecular formula is C22H30N2O3S. The van der Waals surface area contributed by atoms with Gasteiger partial charge in [-0.15, -0.1) is 0 Å². The van der Waals surface area contributed by atoms with Gasteiger partial charge >= 0.3 is 0 Å². The maximum atomic E-state index is 13.1. The van der Waals surface area contributed by atoms with Crippen molar-refractivity contribution in [3.63, 3.8) is 0 Å². The number of nitrogens with zero attached hydrogens (tertiary/aromatic N) is 2. The topological polar surface area (TPSA) is 49.9 Å². The lowest BCUT2D eigenvalue weighted by Gasteiger charge is -2.43. The number of ether oxygens (including phenoxy) is 1. The Morgan fingerprint density at radius 3 is 2.14 bits per heavy atom. The lowest BCUT2D eigenvalue weighted by Crippen LogP contribution is -2.58. The zero-order valence-electron chi connectivity index (χ0n) is 16.9. The van der Waals surface area contributed by atoms with Gasteiger partial charge in [0.1, 0.15) is 5.75 Å². The van der Waals surface area contributed by atoms with E-state index in [0.717, 1.165) is 13.0 Å². The van der Waals surface area contributed by atoms with E-state index in [-0.39, 0.29) is 12.1 Å². The van der Waals surface area contributed by atoms with Gasteiger partial charge in [0, 0.05) is 31.7 Å². The molecule has 3 rings (SSSR count). The van der Waals surface area contributed by atoms with E-state index >= 15 is 0 Å². The van der Waals surface area contributed by atoms with Crippen LogP contribution in [0.1, 0.15) is 26.3 Å². The van der Waals surface area contributed by atoms with E-state index in [1.54, 1.807) is 28.6 Å². The van der Waals surface area contributed by atoms with Gasteiger partial charge in [0.05, 0.1) is 11.5 Å². The average Bonchev–Trinajstić information content (AvgIpc) is 2.69. The first-order valence-electron chi connectivity index (χ1n) is 9.94.